The molecule has 37 heavy (non-hydrogen) atoms. The first-order valence-corrected chi connectivity index (χ1v) is 11.9. The van der Waals surface area contributed by atoms with Crippen LogP contribution >= 0.6 is 0 Å². The minimum Gasteiger partial charge on any atom is -0.455 e. The molecule has 2 N–H and O–H groups in total. The number of nitrogens with zero attached hydrogens (tertiary/aromatic N) is 6. The average Bonchev–Trinajstić information content (AvgIpc) is 3.57. The first-order chi connectivity index (χ1) is 18.2. The summed E-state index contributed by atoms with van der Waals surface area (Å²) >= 11 is 0. The Hall–Kier alpha value is -4.89. The summed E-state index contributed by atoms with van der Waals surface area (Å²) < 4.78 is 7.79. The molecule has 0 aliphatic rings. The first-order valence-electron chi connectivity index (χ1n) is 11.9. The molecule has 0 bridgehead atoms. The molecule has 6 aromatic rings. The highest BCUT2D eigenvalue weighted by Crippen LogP contribution is 2.30. The molecular weight excluding hydrogens is 464 g/mol. The van der Waals surface area contributed by atoms with Gasteiger partial charge in [0.1, 0.15) is 23.7 Å². The predicted molar refractivity (Wildman–Crippen MR) is 140 cm³/mol. The molecule has 0 saturated heterocycles. The number of pyridine rings is 3. The minimum absolute atomic E-state index is 0.533. The SMILES string of the molecule is Cc1cccc(-c2[nH]c(CNCc3ccccc3Oc3cccnc3)nc2-c2ccc3ncnn3c2)n1. The standard InChI is InChI=1S/C28H24N8O/c1-19-6-4-9-23(33-19)28-27(21-11-12-26-31-18-32-36(26)17-21)34-25(35-28)16-30-14-20-7-2-3-10-24(20)37-22-8-5-13-29-15-22/h2-13,15,17-18,30H,14,16H2,1H3,(H,34,35). The van der Waals surface area contributed by atoms with Crippen molar-refractivity contribution >= 4 is 5.65 Å². The highest BCUT2D eigenvalue weighted by atomic mass is 16.5. The summed E-state index contributed by atoms with van der Waals surface area (Å²) in [6.07, 6.45) is 6.90. The van der Waals surface area contributed by atoms with Crippen molar-refractivity contribution in [2.75, 3.05) is 0 Å². The number of aromatic nitrogens is 7. The molecule has 0 fully saturated rings. The van der Waals surface area contributed by atoms with E-state index < -0.39 is 0 Å². The summed E-state index contributed by atoms with van der Waals surface area (Å²) in [5, 5.41) is 7.76. The van der Waals surface area contributed by atoms with Crippen LogP contribution in [0, 0.1) is 6.92 Å². The van der Waals surface area contributed by atoms with Crippen LogP contribution in [0.2, 0.25) is 0 Å². The maximum Gasteiger partial charge on any atom is 0.155 e. The topological polar surface area (TPSA) is 106 Å². The third-order valence-electron chi connectivity index (χ3n) is 5.89. The molecule has 5 aromatic heterocycles. The molecule has 0 unspecified atom stereocenters. The average molecular weight is 489 g/mol. The van der Waals surface area contributed by atoms with Crippen molar-refractivity contribution in [1.82, 2.24) is 39.9 Å². The van der Waals surface area contributed by atoms with Crippen LogP contribution < -0.4 is 10.1 Å². The van der Waals surface area contributed by atoms with Gasteiger partial charge in [-0.25, -0.2) is 14.5 Å². The van der Waals surface area contributed by atoms with Crippen LogP contribution in [0.25, 0.3) is 28.3 Å². The molecule has 0 atom stereocenters. The van der Waals surface area contributed by atoms with Crippen molar-refractivity contribution in [2.24, 2.45) is 0 Å². The van der Waals surface area contributed by atoms with Crippen molar-refractivity contribution in [1.29, 1.82) is 0 Å². The number of hydrogen-bond acceptors (Lipinski definition) is 7. The van der Waals surface area contributed by atoms with Gasteiger partial charge < -0.3 is 15.0 Å². The number of fused-ring (bicyclic) bond motifs is 1. The zero-order valence-electron chi connectivity index (χ0n) is 20.2. The molecule has 6 rings (SSSR count). The van der Waals surface area contributed by atoms with E-state index in [2.05, 4.69) is 25.4 Å². The van der Waals surface area contributed by atoms with E-state index in [0.717, 1.165) is 51.1 Å². The van der Waals surface area contributed by atoms with Gasteiger partial charge in [0.2, 0.25) is 0 Å². The van der Waals surface area contributed by atoms with E-state index in [-0.39, 0.29) is 0 Å². The summed E-state index contributed by atoms with van der Waals surface area (Å²) in [6.45, 7) is 3.12. The summed E-state index contributed by atoms with van der Waals surface area (Å²) in [6, 6.07) is 21.6. The normalized spacial score (nSPS) is 11.2. The number of ether oxygens (including phenoxy) is 1. The molecule has 9 heteroatoms. The van der Waals surface area contributed by atoms with Gasteiger partial charge in [-0.15, -0.1) is 0 Å². The largest absolute Gasteiger partial charge is 0.455 e. The van der Waals surface area contributed by atoms with Crippen molar-refractivity contribution in [3.63, 3.8) is 0 Å². The lowest BCUT2D eigenvalue weighted by molar-refractivity contribution is 0.470. The van der Waals surface area contributed by atoms with E-state index >= 15 is 0 Å². The zero-order valence-corrected chi connectivity index (χ0v) is 20.2. The number of imidazole rings is 1. The van der Waals surface area contributed by atoms with Crippen LogP contribution in [0.4, 0.5) is 0 Å². The molecule has 0 amide bonds. The second-order valence-electron chi connectivity index (χ2n) is 8.55. The Kier molecular flexibility index (Phi) is 6.10. The van der Waals surface area contributed by atoms with Gasteiger partial charge in [0.25, 0.3) is 0 Å². The lowest BCUT2D eigenvalue weighted by Gasteiger charge is -2.11. The van der Waals surface area contributed by atoms with Gasteiger partial charge in [-0.2, -0.15) is 5.10 Å². The molecule has 0 spiro atoms. The molecular formula is C28H24N8O. The van der Waals surface area contributed by atoms with E-state index in [1.165, 1.54) is 6.33 Å². The fourth-order valence-electron chi connectivity index (χ4n) is 4.14. The van der Waals surface area contributed by atoms with Gasteiger partial charge in [0.15, 0.2) is 5.65 Å². The fraction of sp³-hybridized carbons (Fsp3) is 0.107. The summed E-state index contributed by atoms with van der Waals surface area (Å²) in [5.41, 5.74) is 6.19. The van der Waals surface area contributed by atoms with Gasteiger partial charge in [-0.3, -0.25) is 9.97 Å². The number of para-hydroxylation sites is 1. The van der Waals surface area contributed by atoms with Crippen LogP contribution in [0.15, 0.2) is 91.6 Å². The molecule has 1 aromatic carbocycles. The van der Waals surface area contributed by atoms with Gasteiger partial charge in [0, 0.05) is 35.8 Å². The third kappa shape index (κ3) is 4.93. The van der Waals surface area contributed by atoms with Gasteiger partial charge in [0.05, 0.1) is 29.8 Å². The molecule has 9 nitrogen and oxygen atoms in total. The minimum atomic E-state index is 0.533. The van der Waals surface area contributed by atoms with Crippen LogP contribution in [0.3, 0.4) is 0 Å². The Morgan fingerprint density at radius 3 is 2.78 bits per heavy atom. The Morgan fingerprint density at radius 2 is 1.89 bits per heavy atom. The van der Waals surface area contributed by atoms with Crippen molar-refractivity contribution < 1.29 is 4.74 Å². The molecule has 0 aliphatic carbocycles. The van der Waals surface area contributed by atoms with E-state index in [1.807, 2.05) is 79.9 Å². The Bertz CT molecular complexity index is 1660. The monoisotopic (exact) mass is 488 g/mol. The van der Waals surface area contributed by atoms with E-state index in [4.69, 9.17) is 14.7 Å². The molecule has 0 radical (unpaired) electrons. The van der Waals surface area contributed by atoms with Crippen LogP contribution in [0.5, 0.6) is 11.5 Å². The lowest BCUT2D eigenvalue weighted by atomic mass is 10.1. The predicted octanol–water partition coefficient (Wildman–Crippen LogP) is 4.97. The molecule has 0 saturated carbocycles. The van der Waals surface area contributed by atoms with Crippen molar-refractivity contribution in [3.05, 3.63) is 109 Å². The fourth-order valence-corrected chi connectivity index (χ4v) is 4.14. The zero-order chi connectivity index (χ0) is 25.0. The second-order valence-corrected chi connectivity index (χ2v) is 8.55. The third-order valence-corrected chi connectivity index (χ3v) is 5.89. The van der Waals surface area contributed by atoms with E-state index in [0.29, 0.717) is 18.8 Å². The number of H-pyrrole nitrogens is 1. The molecule has 5 heterocycles. The first kappa shape index (κ1) is 22.6. The number of benzene rings is 1. The lowest BCUT2D eigenvalue weighted by Crippen LogP contribution is -2.14. The smallest absolute Gasteiger partial charge is 0.155 e. The number of aromatic amines is 1. The van der Waals surface area contributed by atoms with Crippen LogP contribution in [0.1, 0.15) is 17.1 Å². The summed E-state index contributed by atoms with van der Waals surface area (Å²) in [4.78, 5) is 21.5. The number of nitrogens with one attached hydrogen (secondary N) is 2. The number of aryl methyl sites for hydroxylation is 1. The maximum absolute atomic E-state index is 6.04. The van der Waals surface area contributed by atoms with Crippen LogP contribution in [-0.4, -0.2) is 34.5 Å². The van der Waals surface area contributed by atoms with E-state index in [9.17, 15) is 0 Å². The number of rotatable bonds is 8. The second kappa shape index (κ2) is 10.00. The summed E-state index contributed by atoms with van der Waals surface area (Å²) in [7, 11) is 0. The van der Waals surface area contributed by atoms with Crippen LogP contribution in [-0.2, 0) is 13.1 Å². The molecule has 182 valence electrons. The van der Waals surface area contributed by atoms with Crippen molar-refractivity contribution in [2.45, 2.75) is 20.0 Å². The summed E-state index contributed by atoms with van der Waals surface area (Å²) in [5.74, 6) is 2.29. The number of hydrogen-bond donors (Lipinski definition) is 2. The highest BCUT2D eigenvalue weighted by Gasteiger charge is 2.16. The van der Waals surface area contributed by atoms with Crippen molar-refractivity contribution in [3.8, 4) is 34.1 Å². The van der Waals surface area contributed by atoms with E-state index in [1.54, 1.807) is 16.9 Å². The Morgan fingerprint density at radius 1 is 0.946 bits per heavy atom. The molecule has 0 aliphatic heterocycles. The van der Waals surface area contributed by atoms with Gasteiger partial charge in [-0.1, -0.05) is 24.3 Å². The highest BCUT2D eigenvalue weighted by molar-refractivity contribution is 5.77. The Balaban J connectivity index is 1.26. The van der Waals surface area contributed by atoms with Gasteiger partial charge >= 0.3 is 0 Å². The Labute approximate surface area is 213 Å². The van der Waals surface area contributed by atoms with Gasteiger partial charge in [-0.05, 0) is 49.4 Å². The maximum atomic E-state index is 6.04. The quantitative estimate of drug-likeness (QED) is 0.312.